The molecule has 3 aromatic rings. The van der Waals surface area contributed by atoms with E-state index in [1.54, 1.807) is 4.68 Å². The monoisotopic (exact) mass is 441 g/mol. The quantitative estimate of drug-likeness (QED) is 0.631. The molecular weight excluding hydrogens is 422 g/mol. The molecule has 1 N–H and O–H groups in total. The van der Waals surface area contributed by atoms with Crippen LogP contribution in [0.4, 0.5) is 0 Å². The normalized spacial score (nSPS) is 11.8. The molecule has 1 unspecified atom stereocenters. The summed E-state index contributed by atoms with van der Waals surface area (Å²) < 4.78 is 2.69. The summed E-state index contributed by atoms with van der Waals surface area (Å²) in [6, 6.07) is 16.4. The van der Waals surface area contributed by atoms with Crippen LogP contribution in [0.25, 0.3) is 16.9 Å². The van der Waals surface area contributed by atoms with Crippen LogP contribution in [0.3, 0.4) is 0 Å². The first-order chi connectivity index (χ1) is 13.4. The van der Waals surface area contributed by atoms with Gasteiger partial charge >= 0.3 is 5.97 Å². The zero-order valence-corrected chi connectivity index (χ0v) is 17.1. The molecule has 0 spiro atoms. The van der Waals surface area contributed by atoms with Crippen LogP contribution in [0.1, 0.15) is 12.5 Å². The number of carbonyl (C=O) groups is 2. The Morgan fingerprint density at radius 1 is 1.14 bits per heavy atom. The third-order valence-electron chi connectivity index (χ3n) is 4.60. The molecule has 1 amide bonds. The maximum atomic E-state index is 12.7. The van der Waals surface area contributed by atoms with Crippen molar-refractivity contribution < 1.29 is 14.7 Å². The van der Waals surface area contributed by atoms with Crippen LogP contribution < -0.4 is 0 Å². The van der Waals surface area contributed by atoms with E-state index in [0.717, 1.165) is 21.3 Å². The van der Waals surface area contributed by atoms with Gasteiger partial charge in [-0.15, -0.1) is 0 Å². The first-order valence-corrected chi connectivity index (χ1v) is 9.54. The molecule has 0 aliphatic heterocycles. The van der Waals surface area contributed by atoms with Gasteiger partial charge in [-0.05, 0) is 31.2 Å². The molecule has 2 aromatic carbocycles. The fraction of sp³-hybridized carbons (Fsp3) is 0.190. The molecule has 0 aliphatic rings. The molecule has 1 heterocycles. The summed E-state index contributed by atoms with van der Waals surface area (Å²) in [5, 5.41) is 13.9. The lowest BCUT2D eigenvalue weighted by molar-refractivity contribution is -0.147. The van der Waals surface area contributed by atoms with E-state index in [4.69, 9.17) is 5.11 Å². The standard InChI is InChI=1S/C21H20BrN3O3/c1-14(21(27)28)24(2)19(26)12-16-13-25(18-6-4-3-5-7-18)23-20(16)15-8-10-17(22)11-9-15/h3-11,13-14H,12H2,1-2H3,(H,27,28). The third kappa shape index (κ3) is 4.31. The molecular formula is C21H20BrN3O3. The number of halogens is 1. The fourth-order valence-corrected chi connectivity index (χ4v) is 3.04. The Morgan fingerprint density at radius 3 is 2.39 bits per heavy atom. The number of amides is 1. The average molecular weight is 442 g/mol. The molecule has 0 saturated heterocycles. The Kier molecular flexibility index (Phi) is 5.94. The number of hydrogen-bond acceptors (Lipinski definition) is 3. The summed E-state index contributed by atoms with van der Waals surface area (Å²) in [7, 11) is 1.50. The molecule has 0 saturated carbocycles. The molecule has 6 nitrogen and oxygen atoms in total. The molecule has 0 bridgehead atoms. The van der Waals surface area contributed by atoms with E-state index in [0.29, 0.717) is 5.69 Å². The minimum atomic E-state index is -1.04. The molecule has 1 atom stereocenters. The number of nitrogens with zero attached hydrogens (tertiary/aromatic N) is 3. The van der Waals surface area contributed by atoms with Crippen LogP contribution in [-0.2, 0) is 16.0 Å². The molecule has 7 heteroatoms. The summed E-state index contributed by atoms with van der Waals surface area (Å²) in [5.41, 5.74) is 3.20. The van der Waals surface area contributed by atoms with Crippen LogP contribution in [0, 0.1) is 0 Å². The summed E-state index contributed by atoms with van der Waals surface area (Å²) in [4.78, 5) is 25.1. The molecule has 3 rings (SSSR count). The van der Waals surface area contributed by atoms with Crippen LogP contribution in [0.2, 0.25) is 0 Å². The lowest BCUT2D eigenvalue weighted by atomic mass is 10.1. The Bertz CT molecular complexity index is 984. The van der Waals surface area contributed by atoms with Gasteiger partial charge in [0.1, 0.15) is 6.04 Å². The number of para-hydroxylation sites is 1. The number of carbonyl (C=O) groups excluding carboxylic acids is 1. The van der Waals surface area contributed by atoms with Crippen molar-refractivity contribution in [3.05, 3.63) is 70.8 Å². The second-order valence-corrected chi connectivity index (χ2v) is 7.40. The minimum absolute atomic E-state index is 0.0619. The van der Waals surface area contributed by atoms with Crippen LogP contribution in [-0.4, -0.2) is 44.8 Å². The predicted octanol–water partition coefficient (Wildman–Crippen LogP) is 3.78. The van der Waals surface area contributed by atoms with Crippen molar-refractivity contribution in [2.75, 3.05) is 7.05 Å². The second kappa shape index (κ2) is 8.39. The molecule has 28 heavy (non-hydrogen) atoms. The zero-order valence-electron chi connectivity index (χ0n) is 15.5. The van der Waals surface area contributed by atoms with E-state index >= 15 is 0 Å². The largest absolute Gasteiger partial charge is 0.480 e. The predicted molar refractivity (Wildman–Crippen MR) is 110 cm³/mol. The fourth-order valence-electron chi connectivity index (χ4n) is 2.77. The van der Waals surface area contributed by atoms with E-state index in [1.165, 1.54) is 18.9 Å². The molecule has 144 valence electrons. The number of hydrogen-bond donors (Lipinski definition) is 1. The topological polar surface area (TPSA) is 75.4 Å². The highest BCUT2D eigenvalue weighted by Crippen LogP contribution is 2.26. The number of aliphatic carboxylic acids is 1. The van der Waals surface area contributed by atoms with Crippen molar-refractivity contribution in [3.63, 3.8) is 0 Å². The van der Waals surface area contributed by atoms with E-state index in [2.05, 4.69) is 21.0 Å². The molecule has 0 fully saturated rings. The number of benzene rings is 2. The lowest BCUT2D eigenvalue weighted by Gasteiger charge is -2.21. The van der Waals surface area contributed by atoms with Crippen LogP contribution >= 0.6 is 15.9 Å². The van der Waals surface area contributed by atoms with Crippen molar-refractivity contribution in [2.45, 2.75) is 19.4 Å². The molecule has 0 radical (unpaired) electrons. The van der Waals surface area contributed by atoms with Crippen molar-refractivity contribution in [2.24, 2.45) is 0 Å². The van der Waals surface area contributed by atoms with Gasteiger partial charge in [0.05, 0.1) is 17.8 Å². The first kappa shape index (κ1) is 19.8. The van der Waals surface area contributed by atoms with Gasteiger partial charge in [0.2, 0.25) is 5.91 Å². The second-order valence-electron chi connectivity index (χ2n) is 6.49. The maximum Gasteiger partial charge on any atom is 0.326 e. The lowest BCUT2D eigenvalue weighted by Crippen LogP contribution is -2.41. The van der Waals surface area contributed by atoms with Gasteiger partial charge in [0, 0.05) is 28.8 Å². The van der Waals surface area contributed by atoms with E-state index in [-0.39, 0.29) is 12.3 Å². The van der Waals surface area contributed by atoms with E-state index in [1.807, 2.05) is 60.8 Å². The van der Waals surface area contributed by atoms with Crippen molar-refractivity contribution in [3.8, 4) is 16.9 Å². The first-order valence-electron chi connectivity index (χ1n) is 8.75. The van der Waals surface area contributed by atoms with E-state index < -0.39 is 12.0 Å². The van der Waals surface area contributed by atoms with Gasteiger partial charge in [-0.2, -0.15) is 5.10 Å². The number of aromatic nitrogens is 2. The molecule has 0 aliphatic carbocycles. The van der Waals surface area contributed by atoms with Crippen LogP contribution in [0.5, 0.6) is 0 Å². The summed E-state index contributed by atoms with van der Waals surface area (Å²) in [6.07, 6.45) is 1.89. The Morgan fingerprint density at radius 2 is 1.79 bits per heavy atom. The smallest absolute Gasteiger partial charge is 0.326 e. The zero-order chi connectivity index (χ0) is 20.3. The SMILES string of the molecule is CC(C(=O)O)N(C)C(=O)Cc1cn(-c2ccccc2)nc1-c1ccc(Br)cc1. The number of carboxylic acids is 1. The summed E-state index contributed by atoms with van der Waals surface area (Å²) in [6.45, 7) is 1.49. The summed E-state index contributed by atoms with van der Waals surface area (Å²) >= 11 is 3.43. The van der Waals surface area contributed by atoms with Crippen molar-refractivity contribution in [1.82, 2.24) is 14.7 Å². The Hall–Kier alpha value is -2.93. The van der Waals surface area contributed by atoms with Crippen molar-refractivity contribution >= 4 is 27.8 Å². The maximum absolute atomic E-state index is 12.7. The van der Waals surface area contributed by atoms with Gasteiger partial charge in [0.15, 0.2) is 0 Å². The average Bonchev–Trinajstić information content (AvgIpc) is 3.11. The minimum Gasteiger partial charge on any atom is -0.480 e. The highest BCUT2D eigenvalue weighted by molar-refractivity contribution is 9.10. The Balaban J connectivity index is 1.98. The van der Waals surface area contributed by atoms with Gasteiger partial charge in [-0.3, -0.25) is 4.79 Å². The number of likely N-dealkylation sites (N-methyl/N-ethyl adjacent to an activating group) is 1. The number of carboxylic acid groups (broad SMARTS) is 1. The van der Waals surface area contributed by atoms with Gasteiger partial charge in [-0.25, -0.2) is 9.48 Å². The van der Waals surface area contributed by atoms with Gasteiger partial charge in [0.25, 0.3) is 0 Å². The highest BCUT2D eigenvalue weighted by atomic mass is 79.9. The molecule has 1 aromatic heterocycles. The van der Waals surface area contributed by atoms with Crippen molar-refractivity contribution in [1.29, 1.82) is 0 Å². The van der Waals surface area contributed by atoms with E-state index in [9.17, 15) is 9.59 Å². The number of rotatable bonds is 6. The third-order valence-corrected chi connectivity index (χ3v) is 5.13. The van der Waals surface area contributed by atoms with Gasteiger partial charge in [-0.1, -0.05) is 46.3 Å². The summed E-state index contributed by atoms with van der Waals surface area (Å²) in [5.74, 6) is -1.31. The van der Waals surface area contributed by atoms with Gasteiger partial charge < -0.3 is 10.0 Å². The van der Waals surface area contributed by atoms with Crippen LogP contribution in [0.15, 0.2) is 65.3 Å². The Labute approximate surface area is 171 Å². The highest BCUT2D eigenvalue weighted by Gasteiger charge is 2.24.